The normalized spacial score (nSPS) is 52.5. The molecule has 2 heteroatoms. The Morgan fingerprint density at radius 3 is 2.29 bits per heavy atom. The van der Waals surface area contributed by atoms with E-state index >= 15 is 0 Å². The van der Waals surface area contributed by atoms with Gasteiger partial charge in [0.05, 0.1) is 11.2 Å². The van der Waals surface area contributed by atoms with Crippen molar-refractivity contribution in [1.29, 1.82) is 0 Å². The Morgan fingerprint density at radius 2 is 1.58 bits per heavy atom. The van der Waals surface area contributed by atoms with E-state index in [1.54, 1.807) is 0 Å². The SMILES string of the molecule is C[C@H](CC[C@@](C)(O)C1CC1)[C@H]1CC[C@H]2[C@@H]3CC[C@@H]4C[C@@](C)(O)CC[C@]4(C)[C@H]3CC[C@]12C. The molecule has 0 amide bonds. The molecule has 2 nitrogen and oxygen atoms in total. The first-order valence-corrected chi connectivity index (χ1v) is 13.9. The smallest absolute Gasteiger partial charge is 0.0647 e. The highest BCUT2D eigenvalue weighted by atomic mass is 16.3. The topological polar surface area (TPSA) is 40.5 Å². The number of hydrogen-bond donors (Lipinski definition) is 2. The third-order valence-electron chi connectivity index (χ3n) is 12.3. The monoisotopic (exact) mass is 430 g/mol. The van der Waals surface area contributed by atoms with Crippen LogP contribution < -0.4 is 0 Å². The van der Waals surface area contributed by atoms with Crippen molar-refractivity contribution in [3.63, 3.8) is 0 Å². The average molecular weight is 431 g/mol. The number of fused-ring (bicyclic) bond motifs is 5. The molecule has 31 heavy (non-hydrogen) atoms. The van der Waals surface area contributed by atoms with Gasteiger partial charge < -0.3 is 10.2 Å². The Morgan fingerprint density at radius 1 is 0.871 bits per heavy atom. The van der Waals surface area contributed by atoms with Crippen molar-refractivity contribution >= 4 is 0 Å². The zero-order chi connectivity index (χ0) is 22.2. The lowest BCUT2D eigenvalue weighted by Gasteiger charge is -2.62. The third-order valence-corrected chi connectivity index (χ3v) is 12.3. The fourth-order valence-corrected chi connectivity index (χ4v) is 10.0. The molecule has 5 aliphatic rings. The van der Waals surface area contributed by atoms with Crippen LogP contribution >= 0.6 is 0 Å². The Bertz CT molecular complexity index is 678. The van der Waals surface area contributed by atoms with Crippen molar-refractivity contribution in [3.8, 4) is 0 Å². The first-order chi connectivity index (χ1) is 14.5. The molecule has 5 fully saturated rings. The second kappa shape index (κ2) is 7.46. The minimum Gasteiger partial charge on any atom is -0.390 e. The van der Waals surface area contributed by atoms with Gasteiger partial charge in [-0.3, -0.25) is 0 Å². The van der Waals surface area contributed by atoms with E-state index in [-0.39, 0.29) is 0 Å². The molecular weight excluding hydrogens is 380 g/mol. The van der Waals surface area contributed by atoms with Gasteiger partial charge in [0.25, 0.3) is 0 Å². The van der Waals surface area contributed by atoms with Crippen molar-refractivity contribution in [2.75, 3.05) is 0 Å². The fraction of sp³-hybridized carbons (Fsp3) is 1.00. The van der Waals surface area contributed by atoms with E-state index in [0.29, 0.717) is 16.7 Å². The summed E-state index contributed by atoms with van der Waals surface area (Å²) >= 11 is 0. The first-order valence-electron chi connectivity index (χ1n) is 13.9. The van der Waals surface area contributed by atoms with Crippen molar-refractivity contribution < 1.29 is 10.2 Å². The molecule has 0 unspecified atom stereocenters. The zero-order valence-corrected chi connectivity index (χ0v) is 21.1. The second-order valence-corrected chi connectivity index (χ2v) is 14.2. The van der Waals surface area contributed by atoms with E-state index in [2.05, 4.69) is 34.6 Å². The van der Waals surface area contributed by atoms with Gasteiger partial charge in [-0.25, -0.2) is 0 Å². The van der Waals surface area contributed by atoms with Gasteiger partial charge in [0.15, 0.2) is 0 Å². The average Bonchev–Trinajstić information content (AvgIpc) is 3.49. The minimum absolute atomic E-state index is 0.417. The Hall–Kier alpha value is -0.0800. The van der Waals surface area contributed by atoms with Gasteiger partial charge in [-0.2, -0.15) is 0 Å². The van der Waals surface area contributed by atoms with E-state index in [1.807, 2.05) is 0 Å². The predicted molar refractivity (Wildman–Crippen MR) is 128 cm³/mol. The van der Waals surface area contributed by atoms with E-state index < -0.39 is 11.2 Å². The molecule has 0 aromatic carbocycles. The molecular formula is C29H50O2. The van der Waals surface area contributed by atoms with Gasteiger partial charge in [0.1, 0.15) is 0 Å². The summed E-state index contributed by atoms with van der Waals surface area (Å²) in [6.45, 7) is 12.0. The Labute approximate surface area is 192 Å². The van der Waals surface area contributed by atoms with Crippen LogP contribution in [0.4, 0.5) is 0 Å². The molecule has 5 rings (SSSR count). The van der Waals surface area contributed by atoms with Crippen LogP contribution in [-0.4, -0.2) is 21.4 Å². The van der Waals surface area contributed by atoms with Gasteiger partial charge in [0.2, 0.25) is 0 Å². The zero-order valence-electron chi connectivity index (χ0n) is 21.1. The highest BCUT2D eigenvalue weighted by Gasteiger charge is 2.61. The molecule has 178 valence electrons. The van der Waals surface area contributed by atoms with E-state index in [4.69, 9.17) is 0 Å². The maximum atomic E-state index is 10.9. The third kappa shape index (κ3) is 3.74. The lowest BCUT2D eigenvalue weighted by Crippen LogP contribution is -2.55. The summed E-state index contributed by atoms with van der Waals surface area (Å²) in [5.41, 5.74) is 0.157. The van der Waals surface area contributed by atoms with Gasteiger partial charge in [-0.05, 0) is 150 Å². The highest BCUT2D eigenvalue weighted by molar-refractivity contribution is 5.10. The van der Waals surface area contributed by atoms with Crippen LogP contribution in [0.3, 0.4) is 0 Å². The molecule has 0 spiro atoms. The van der Waals surface area contributed by atoms with E-state index in [0.717, 1.165) is 54.8 Å². The van der Waals surface area contributed by atoms with Crippen LogP contribution in [0.1, 0.15) is 118 Å². The lowest BCUT2D eigenvalue weighted by atomic mass is 9.43. The number of hydrogen-bond acceptors (Lipinski definition) is 2. The predicted octanol–water partition coefficient (Wildman–Crippen LogP) is 6.97. The molecule has 0 aromatic heterocycles. The quantitative estimate of drug-likeness (QED) is 0.494. The van der Waals surface area contributed by atoms with Gasteiger partial charge in [-0.1, -0.05) is 20.8 Å². The first kappa shape index (κ1) is 22.7. The van der Waals surface area contributed by atoms with Crippen molar-refractivity contribution in [3.05, 3.63) is 0 Å². The van der Waals surface area contributed by atoms with Crippen molar-refractivity contribution in [1.82, 2.24) is 0 Å². The lowest BCUT2D eigenvalue weighted by molar-refractivity contribution is -0.148. The van der Waals surface area contributed by atoms with Crippen LogP contribution in [0.15, 0.2) is 0 Å². The maximum Gasteiger partial charge on any atom is 0.0647 e. The Balaban J connectivity index is 1.28. The van der Waals surface area contributed by atoms with Crippen LogP contribution in [0.25, 0.3) is 0 Å². The van der Waals surface area contributed by atoms with E-state index in [1.165, 1.54) is 64.2 Å². The van der Waals surface area contributed by atoms with Gasteiger partial charge >= 0.3 is 0 Å². The largest absolute Gasteiger partial charge is 0.390 e. The summed E-state index contributed by atoms with van der Waals surface area (Å²) in [6, 6.07) is 0. The summed E-state index contributed by atoms with van der Waals surface area (Å²) in [6.07, 6.45) is 16.5. The van der Waals surface area contributed by atoms with Gasteiger partial charge in [0, 0.05) is 0 Å². The minimum atomic E-state index is -0.421. The summed E-state index contributed by atoms with van der Waals surface area (Å²) in [5.74, 6) is 5.65. The molecule has 10 atom stereocenters. The second-order valence-electron chi connectivity index (χ2n) is 14.2. The molecule has 0 aliphatic heterocycles. The summed E-state index contributed by atoms with van der Waals surface area (Å²) < 4.78 is 0. The van der Waals surface area contributed by atoms with Crippen LogP contribution in [0.5, 0.6) is 0 Å². The maximum absolute atomic E-state index is 10.9. The van der Waals surface area contributed by atoms with E-state index in [9.17, 15) is 10.2 Å². The summed E-state index contributed by atoms with van der Waals surface area (Å²) in [4.78, 5) is 0. The Kier molecular flexibility index (Phi) is 5.46. The molecule has 0 radical (unpaired) electrons. The molecule has 2 N–H and O–H groups in total. The van der Waals surface area contributed by atoms with Crippen LogP contribution in [0.2, 0.25) is 0 Å². The molecule has 5 saturated carbocycles. The summed E-state index contributed by atoms with van der Waals surface area (Å²) in [7, 11) is 0. The van der Waals surface area contributed by atoms with Gasteiger partial charge in [-0.15, -0.1) is 0 Å². The van der Waals surface area contributed by atoms with Crippen molar-refractivity contribution in [2.24, 2.45) is 52.3 Å². The number of rotatable bonds is 5. The molecule has 0 bridgehead atoms. The molecule has 0 aromatic rings. The fourth-order valence-electron chi connectivity index (χ4n) is 10.0. The standard InChI is InChI=1S/C29H50O2/c1-19(12-15-29(5,31)20-6-7-20)23-10-11-24-22-9-8-21-18-26(2,30)16-17-27(21,3)25(22)13-14-28(23,24)4/h19-25,30-31H,6-18H2,1-5H3/t19-,21-,22+,23-,24+,25+,26+,27+,28-,29-/m1/s1. The molecule has 0 saturated heterocycles. The molecule has 5 aliphatic carbocycles. The molecule has 0 heterocycles. The van der Waals surface area contributed by atoms with Crippen molar-refractivity contribution in [2.45, 2.75) is 129 Å². The van der Waals surface area contributed by atoms with Crippen LogP contribution in [0, 0.1) is 52.3 Å². The number of aliphatic hydroxyl groups is 2. The van der Waals surface area contributed by atoms with Crippen LogP contribution in [-0.2, 0) is 0 Å². The highest BCUT2D eigenvalue weighted by Crippen LogP contribution is 2.69. The summed E-state index contributed by atoms with van der Waals surface area (Å²) in [5, 5.41) is 21.6.